The van der Waals surface area contributed by atoms with E-state index in [2.05, 4.69) is 51.4 Å². The van der Waals surface area contributed by atoms with Crippen molar-refractivity contribution in [2.75, 3.05) is 6.54 Å². The Morgan fingerprint density at radius 1 is 1.24 bits per heavy atom. The van der Waals surface area contributed by atoms with Gasteiger partial charge < -0.3 is 10.3 Å². The lowest BCUT2D eigenvalue weighted by molar-refractivity contribution is 0.761. The highest BCUT2D eigenvalue weighted by atomic mass is 14.9. The summed E-state index contributed by atoms with van der Waals surface area (Å²) in [6.07, 6.45) is 0. The van der Waals surface area contributed by atoms with Gasteiger partial charge >= 0.3 is 0 Å². The zero-order valence-corrected chi connectivity index (χ0v) is 11.5. The van der Waals surface area contributed by atoms with Crippen LogP contribution >= 0.6 is 0 Å². The second-order valence-corrected chi connectivity index (χ2v) is 5.10. The van der Waals surface area contributed by atoms with Gasteiger partial charge in [-0.25, -0.2) is 0 Å². The molecule has 2 heteroatoms. The average molecular weight is 230 g/mol. The van der Waals surface area contributed by atoms with Gasteiger partial charge in [-0.05, 0) is 49.9 Å². The van der Waals surface area contributed by atoms with Crippen LogP contribution in [-0.2, 0) is 7.05 Å². The van der Waals surface area contributed by atoms with Crippen molar-refractivity contribution in [2.24, 2.45) is 12.8 Å². The Balaban J connectivity index is 2.87. The van der Waals surface area contributed by atoms with Gasteiger partial charge in [0.2, 0.25) is 0 Å². The van der Waals surface area contributed by atoms with E-state index in [1.165, 1.54) is 33.3 Å². The first-order valence-electron chi connectivity index (χ1n) is 6.24. The van der Waals surface area contributed by atoms with Crippen LogP contribution in [0.4, 0.5) is 0 Å². The minimum absolute atomic E-state index is 0.417. The van der Waals surface area contributed by atoms with Crippen molar-refractivity contribution in [1.29, 1.82) is 0 Å². The Bertz CT molecular complexity index is 564. The number of aryl methyl sites for hydroxylation is 3. The molecule has 0 aliphatic heterocycles. The van der Waals surface area contributed by atoms with E-state index in [1.807, 2.05) is 0 Å². The molecule has 1 aromatic carbocycles. The Morgan fingerprint density at radius 2 is 1.88 bits per heavy atom. The molecule has 1 heterocycles. The van der Waals surface area contributed by atoms with Crippen LogP contribution in [-0.4, -0.2) is 11.1 Å². The van der Waals surface area contributed by atoms with Crippen molar-refractivity contribution in [1.82, 2.24) is 4.57 Å². The minimum atomic E-state index is 0.417. The summed E-state index contributed by atoms with van der Waals surface area (Å²) in [7, 11) is 2.15. The fraction of sp³-hybridized carbons (Fsp3) is 0.467. The molecule has 17 heavy (non-hydrogen) atoms. The number of rotatable bonds is 2. The number of benzene rings is 1. The number of nitrogens with zero attached hydrogens (tertiary/aromatic N) is 1. The maximum absolute atomic E-state index is 5.83. The summed E-state index contributed by atoms with van der Waals surface area (Å²) in [5.41, 5.74) is 12.7. The van der Waals surface area contributed by atoms with E-state index in [0.29, 0.717) is 12.5 Å². The van der Waals surface area contributed by atoms with Crippen LogP contribution in [0, 0.1) is 20.8 Å². The molecule has 0 aliphatic carbocycles. The molecule has 0 spiro atoms. The van der Waals surface area contributed by atoms with Gasteiger partial charge in [-0.1, -0.05) is 19.1 Å². The highest BCUT2D eigenvalue weighted by Gasteiger charge is 2.17. The fourth-order valence-electron chi connectivity index (χ4n) is 2.73. The van der Waals surface area contributed by atoms with E-state index >= 15 is 0 Å². The predicted molar refractivity (Wildman–Crippen MR) is 74.6 cm³/mol. The van der Waals surface area contributed by atoms with Crippen LogP contribution in [0.5, 0.6) is 0 Å². The summed E-state index contributed by atoms with van der Waals surface area (Å²) in [5.74, 6) is 0.417. The quantitative estimate of drug-likeness (QED) is 0.844. The Labute approximate surface area is 103 Å². The van der Waals surface area contributed by atoms with Gasteiger partial charge in [0.1, 0.15) is 0 Å². The molecule has 1 unspecified atom stereocenters. The zero-order valence-electron chi connectivity index (χ0n) is 11.5. The molecule has 1 aromatic heterocycles. The fourth-order valence-corrected chi connectivity index (χ4v) is 2.73. The summed E-state index contributed by atoms with van der Waals surface area (Å²) >= 11 is 0. The molecule has 2 aromatic rings. The standard InChI is InChI=1S/C15H22N2/c1-9-6-7-13-14(10(2)8-16)12(4)17(5)15(13)11(9)3/h6-7,10H,8,16H2,1-5H3. The summed E-state index contributed by atoms with van der Waals surface area (Å²) in [5, 5.41) is 1.37. The van der Waals surface area contributed by atoms with Gasteiger partial charge in [0.15, 0.2) is 0 Å². The number of nitrogens with two attached hydrogens (primary N) is 1. The zero-order chi connectivity index (χ0) is 12.7. The van der Waals surface area contributed by atoms with Crippen molar-refractivity contribution in [2.45, 2.75) is 33.6 Å². The van der Waals surface area contributed by atoms with E-state index in [9.17, 15) is 0 Å². The van der Waals surface area contributed by atoms with Gasteiger partial charge in [-0.15, -0.1) is 0 Å². The lowest BCUT2D eigenvalue weighted by Crippen LogP contribution is -2.09. The molecule has 0 aliphatic rings. The van der Waals surface area contributed by atoms with Crippen LogP contribution in [0.25, 0.3) is 10.9 Å². The maximum atomic E-state index is 5.83. The molecular weight excluding hydrogens is 208 g/mol. The molecule has 0 radical (unpaired) electrons. The third-order valence-electron chi connectivity index (χ3n) is 4.07. The monoisotopic (exact) mass is 230 g/mol. The molecule has 1 atom stereocenters. The molecule has 0 amide bonds. The first-order valence-corrected chi connectivity index (χ1v) is 6.24. The molecule has 0 saturated carbocycles. The lowest BCUT2D eigenvalue weighted by Gasteiger charge is -2.09. The lowest BCUT2D eigenvalue weighted by atomic mass is 9.96. The van der Waals surface area contributed by atoms with Crippen molar-refractivity contribution < 1.29 is 0 Å². The number of aromatic nitrogens is 1. The van der Waals surface area contributed by atoms with Crippen molar-refractivity contribution >= 4 is 10.9 Å². The van der Waals surface area contributed by atoms with Crippen molar-refractivity contribution in [3.05, 3.63) is 34.5 Å². The highest BCUT2D eigenvalue weighted by Crippen LogP contribution is 2.33. The smallest absolute Gasteiger partial charge is 0.0515 e. The first kappa shape index (κ1) is 12.2. The average Bonchev–Trinajstić information content (AvgIpc) is 2.57. The highest BCUT2D eigenvalue weighted by molar-refractivity contribution is 5.89. The maximum Gasteiger partial charge on any atom is 0.0515 e. The number of hydrogen-bond acceptors (Lipinski definition) is 1. The molecule has 2 rings (SSSR count). The predicted octanol–water partition coefficient (Wildman–Crippen LogP) is 3.17. The normalized spacial score (nSPS) is 13.3. The van der Waals surface area contributed by atoms with Gasteiger partial charge in [-0.2, -0.15) is 0 Å². The molecule has 0 fully saturated rings. The largest absolute Gasteiger partial charge is 0.347 e. The third kappa shape index (κ3) is 1.67. The van der Waals surface area contributed by atoms with Gasteiger partial charge in [0, 0.05) is 18.1 Å². The summed E-state index contributed by atoms with van der Waals surface area (Å²) in [4.78, 5) is 0. The van der Waals surface area contributed by atoms with Crippen molar-refractivity contribution in [3.63, 3.8) is 0 Å². The van der Waals surface area contributed by atoms with Gasteiger partial charge in [-0.3, -0.25) is 0 Å². The summed E-state index contributed by atoms with van der Waals surface area (Å²) < 4.78 is 2.30. The SMILES string of the molecule is Cc1ccc2c(C(C)CN)c(C)n(C)c2c1C. The topological polar surface area (TPSA) is 30.9 Å². The van der Waals surface area contributed by atoms with Crippen LogP contribution in [0.2, 0.25) is 0 Å². The molecule has 2 N–H and O–H groups in total. The second-order valence-electron chi connectivity index (χ2n) is 5.10. The Morgan fingerprint density at radius 3 is 2.47 bits per heavy atom. The second kappa shape index (κ2) is 4.19. The number of hydrogen-bond donors (Lipinski definition) is 1. The van der Waals surface area contributed by atoms with E-state index < -0.39 is 0 Å². The van der Waals surface area contributed by atoms with E-state index in [4.69, 9.17) is 5.73 Å². The molecule has 92 valence electrons. The van der Waals surface area contributed by atoms with Crippen LogP contribution in [0.1, 0.15) is 35.2 Å². The van der Waals surface area contributed by atoms with E-state index in [0.717, 1.165) is 0 Å². The summed E-state index contributed by atoms with van der Waals surface area (Å²) in [6.45, 7) is 9.47. The van der Waals surface area contributed by atoms with Gasteiger partial charge in [0.25, 0.3) is 0 Å². The van der Waals surface area contributed by atoms with E-state index in [-0.39, 0.29) is 0 Å². The first-order chi connectivity index (χ1) is 7.99. The van der Waals surface area contributed by atoms with Crippen LogP contribution < -0.4 is 5.73 Å². The number of fused-ring (bicyclic) bond motifs is 1. The Kier molecular flexibility index (Phi) is 3.00. The third-order valence-corrected chi connectivity index (χ3v) is 4.07. The molecule has 2 nitrogen and oxygen atoms in total. The Hall–Kier alpha value is -1.28. The van der Waals surface area contributed by atoms with Crippen molar-refractivity contribution in [3.8, 4) is 0 Å². The van der Waals surface area contributed by atoms with E-state index in [1.54, 1.807) is 0 Å². The molecule has 0 bridgehead atoms. The summed E-state index contributed by atoms with van der Waals surface area (Å²) in [6, 6.07) is 4.45. The van der Waals surface area contributed by atoms with Crippen LogP contribution in [0.3, 0.4) is 0 Å². The molecule has 0 saturated heterocycles. The van der Waals surface area contributed by atoms with Gasteiger partial charge in [0.05, 0.1) is 5.52 Å². The minimum Gasteiger partial charge on any atom is -0.347 e. The van der Waals surface area contributed by atoms with Crippen LogP contribution in [0.15, 0.2) is 12.1 Å². The molecular formula is C15H22N2.